The van der Waals surface area contributed by atoms with Gasteiger partial charge in [0.1, 0.15) is 5.75 Å². The minimum absolute atomic E-state index is 0.0714. The van der Waals surface area contributed by atoms with Crippen molar-refractivity contribution in [3.63, 3.8) is 0 Å². The second-order valence-electron chi connectivity index (χ2n) is 7.79. The molecule has 1 saturated heterocycles. The highest BCUT2D eigenvalue weighted by atomic mass is 35.5. The quantitative estimate of drug-likeness (QED) is 0.456. The van der Waals surface area contributed by atoms with E-state index >= 15 is 0 Å². The van der Waals surface area contributed by atoms with E-state index in [1.54, 1.807) is 36.4 Å². The molecule has 2 heterocycles. The molecule has 0 aliphatic carbocycles. The second kappa shape index (κ2) is 11.2. The van der Waals surface area contributed by atoms with E-state index < -0.39 is 10.0 Å². The first kappa shape index (κ1) is 25.1. The Bertz CT molecular complexity index is 1270. The zero-order chi connectivity index (χ0) is 24.8. The van der Waals surface area contributed by atoms with Crippen molar-refractivity contribution >= 4 is 27.5 Å². The number of nitrogens with one attached hydrogen (secondary N) is 1. The van der Waals surface area contributed by atoms with Crippen molar-refractivity contribution in [1.82, 2.24) is 19.8 Å². The van der Waals surface area contributed by atoms with E-state index in [9.17, 15) is 13.2 Å². The summed E-state index contributed by atoms with van der Waals surface area (Å²) in [5.74, 6) is 0.927. The number of carbonyl (C=O) groups excluding carboxylic acids is 1. The number of ether oxygens (including phenoxy) is 2. The lowest BCUT2D eigenvalue weighted by Crippen LogP contribution is -2.40. The summed E-state index contributed by atoms with van der Waals surface area (Å²) in [4.78, 5) is 16.9. The highest BCUT2D eigenvalue weighted by molar-refractivity contribution is 7.89. The summed E-state index contributed by atoms with van der Waals surface area (Å²) < 4.78 is 43.2. The molecule has 0 atom stereocenters. The molecule has 0 unspecified atom stereocenters. The van der Waals surface area contributed by atoms with Crippen LogP contribution in [0.3, 0.4) is 0 Å². The van der Waals surface area contributed by atoms with Gasteiger partial charge in [-0.25, -0.2) is 8.42 Å². The first-order chi connectivity index (χ1) is 16.9. The van der Waals surface area contributed by atoms with Crippen LogP contribution in [0, 0.1) is 0 Å². The number of amides is 1. The number of morpholine rings is 1. The van der Waals surface area contributed by atoms with Crippen molar-refractivity contribution in [2.75, 3.05) is 33.4 Å². The molecule has 1 aliphatic heterocycles. The van der Waals surface area contributed by atoms with Crippen molar-refractivity contribution in [1.29, 1.82) is 0 Å². The molecule has 10 nitrogen and oxygen atoms in total. The third-order valence-corrected chi connectivity index (χ3v) is 7.64. The summed E-state index contributed by atoms with van der Waals surface area (Å²) in [7, 11) is -2.15. The predicted octanol–water partition coefficient (Wildman–Crippen LogP) is 2.67. The third kappa shape index (κ3) is 6.17. The Morgan fingerprint density at radius 2 is 1.91 bits per heavy atom. The first-order valence-corrected chi connectivity index (χ1v) is 12.8. The van der Waals surface area contributed by atoms with Crippen LogP contribution in [0.25, 0.3) is 11.4 Å². The summed E-state index contributed by atoms with van der Waals surface area (Å²) in [6, 6.07) is 11.7. The van der Waals surface area contributed by atoms with Gasteiger partial charge in [-0.2, -0.15) is 9.29 Å². The summed E-state index contributed by atoms with van der Waals surface area (Å²) in [6.07, 6.45) is 0.414. The number of rotatable bonds is 9. The van der Waals surface area contributed by atoms with Crippen LogP contribution in [0.15, 0.2) is 51.9 Å². The lowest BCUT2D eigenvalue weighted by atomic mass is 10.1. The normalized spacial score (nSPS) is 14.6. The number of halogens is 1. The molecule has 0 saturated carbocycles. The van der Waals surface area contributed by atoms with E-state index in [1.165, 1.54) is 17.5 Å². The zero-order valence-electron chi connectivity index (χ0n) is 19.1. The minimum Gasteiger partial charge on any atom is -0.496 e. The number of sulfonamides is 1. The number of aromatic nitrogens is 2. The standard InChI is InChI=1S/C23H25ClN4O6S/c1-32-20-8-7-19(35(30,31)28-10-12-33-13-11-28)14-17(20)4-9-21(29)25-15-22-26-23(27-34-22)16-2-5-18(24)6-3-16/h2-3,5-8,14H,4,9-13,15H2,1H3,(H,25,29). The molecule has 1 fully saturated rings. The fourth-order valence-corrected chi connectivity index (χ4v) is 5.19. The van der Waals surface area contributed by atoms with Crippen molar-refractivity contribution in [3.8, 4) is 17.1 Å². The SMILES string of the molecule is COc1ccc(S(=O)(=O)N2CCOCC2)cc1CCC(=O)NCc1nc(-c2ccc(Cl)cc2)no1. The molecule has 2 aromatic carbocycles. The molecule has 4 rings (SSSR count). The van der Waals surface area contributed by atoms with Gasteiger partial charge in [0.05, 0.1) is 31.8 Å². The maximum Gasteiger partial charge on any atom is 0.246 e. The fraction of sp³-hybridized carbons (Fsp3) is 0.348. The van der Waals surface area contributed by atoms with E-state index in [0.29, 0.717) is 54.9 Å². The van der Waals surface area contributed by atoms with E-state index in [1.807, 2.05) is 0 Å². The number of aryl methyl sites for hydroxylation is 1. The van der Waals surface area contributed by atoms with Crippen LogP contribution in [0.1, 0.15) is 17.9 Å². The van der Waals surface area contributed by atoms with Gasteiger partial charge < -0.3 is 19.3 Å². The number of nitrogens with zero attached hydrogens (tertiary/aromatic N) is 3. The molecule has 1 amide bonds. The van der Waals surface area contributed by atoms with Gasteiger partial charge in [0.2, 0.25) is 27.6 Å². The molecule has 3 aromatic rings. The predicted molar refractivity (Wildman–Crippen MR) is 127 cm³/mol. The maximum absolute atomic E-state index is 13.0. The first-order valence-electron chi connectivity index (χ1n) is 11.0. The average Bonchev–Trinajstić information content (AvgIpc) is 3.36. The largest absolute Gasteiger partial charge is 0.496 e. The van der Waals surface area contributed by atoms with Gasteiger partial charge in [-0.3, -0.25) is 4.79 Å². The summed E-state index contributed by atoms with van der Waals surface area (Å²) in [5, 5.41) is 7.26. The average molecular weight is 521 g/mol. The highest BCUT2D eigenvalue weighted by Gasteiger charge is 2.27. The molecule has 0 radical (unpaired) electrons. The fourth-order valence-electron chi connectivity index (χ4n) is 3.60. The van der Waals surface area contributed by atoms with Crippen molar-refractivity contribution in [3.05, 3.63) is 58.9 Å². The van der Waals surface area contributed by atoms with Crippen LogP contribution >= 0.6 is 11.6 Å². The summed E-state index contributed by atoms with van der Waals surface area (Å²) in [5.41, 5.74) is 1.37. The molecule has 1 aliphatic rings. The smallest absolute Gasteiger partial charge is 0.246 e. The Kier molecular flexibility index (Phi) is 8.01. The molecule has 12 heteroatoms. The number of benzene rings is 2. The third-order valence-electron chi connectivity index (χ3n) is 5.49. The zero-order valence-corrected chi connectivity index (χ0v) is 20.6. The van der Waals surface area contributed by atoms with Crippen molar-refractivity contribution < 1.29 is 27.2 Å². The monoisotopic (exact) mass is 520 g/mol. The van der Waals surface area contributed by atoms with Gasteiger partial charge in [-0.05, 0) is 54.4 Å². The van der Waals surface area contributed by atoms with E-state index in [2.05, 4.69) is 15.5 Å². The molecular weight excluding hydrogens is 496 g/mol. The molecule has 1 N–H and O–H groups in total. The maximum atomic E-state index is 13.0. The van der Waals surface area contributed by atoms with E-state index in [4.69, 9.17) is 25.6 Å². The molecule has 0 bridgehead atoms. The van der Waals surface area contributed by atoms with Crippen molar-refractivity contribution in [2.24, 2.45) is 0 Å². The Labute approximate surface area is 208 Å². The van der Waals surface area contributed by atoms with Crippen LogP contribution < -0.4 is 10.1 Å². The lowest BCUT2D eigenvalue weighted by molar-refractivity contribution is -0.121. The Balaban J connectivity index is 1.36. The molecule has 1 aromatic heterocycles. The number of carbonyl (C=O) groups is 1. The molecule has 35 heavy (non-hydrogen) atoms. The number of methoxy groups -OCH3 is 1. The van der Waals surface area contributed by atoms with Crippen LogP contribution in [0.4, 0.5) is 0 Å². The highest BCUT2D eigenvalue weighted by Crippen LogP contribution is 2.26. The second-order valence-corrected chi connectivity index (χ2v) is 10.2. The molecular formula is C23H25ClN4O6S. The summed E-state index contributed by atoms with van der Waals surface area (Å²) >= 11 is 5.89. The van der Waals surface area contributed by atoms with Gasteiger partial charge in [0.15, 0.2) is 0 Å². The van der Waals surface area contributed by atoms with E-state index in [0.717, 1.165) is 5.56 Å². The minimum atomic E-state index is -3.66. The Morgan fingerprint density at radius 1 is 1.17 bits per heavy atom. The summed E-state index contributed by atoms with van der Waals surface area (Å²) in [6.45, 7) is 1.42. The van der Waals surface area contributed by atoms with Gasteiger partial charge in [-0.1, -0.05) is 16.8 Å². The van der Waals surface area contributed by atoms with Crippen LogP contribution in [-0.4, -0.2) is 62.2 Å². The number of hydrogen-bond acceptors (Lipinski definition) is 8. The van der Waals surface area contributed by atoms with Crippen molar-refractivity contribution in [2.45, 2.75) is 24.3 Å². The Morgan fingerprint density at radius 3 is 2.63 bits per heavy atom. The van der Waals surface area contributed by atoms with E-state index in [-0.39, 0.29) is 29.7 Å². The Hall–Kier alpha value is -2.99. The van der Waals surface area contributed by atoms with Crippen LogP contribution in [-0.2, 0) is 32.5 Å². The van der Waals surface area contributed by atoms with Crippen LogP contribution in [0.5, 0.6) is 5.75 Å². The number of hydrogen-bond donors (Lipinski definition) is 1. The van der Waals surface area contributed by atoms with Gasteiger partial charge >= 0.3 is 0 Å². The van der Waals surface area contributed by atoms with Gasteiger partial charge in [-0.15, -0.1) is 0 Å². The van der Waals surface area contributed by atoms with Gasteiger partial charge in [0.25, 0.3) is 0 Å². The topological polar surface area (TPSA) is 124 Å². The van der Waals surface area contributed by atoms with Crippen LogP contribution in [0.2, 0.25) is 5.02 Å². The lowest BCUT2D eigenvalue weighted by Gasteiger charge is -2.26. The molecule has 186 valence electrons. The van der Waals surface area contributed by atoms with Gasteiger partial charge in [0, 0.05) is 30.1 Å². The molecule has 0 spiro atoms.